The molecule has 0 bridgehead atoms. The van der Waals surface area contributed by atoms with E-state index in [1.54, 1.807) is 0 Å². The van der Waals surface area contributed by atoms with Crippen LogP contribution >= 0.6 is 0 Å². The molecule has 2 amide bonds. The van der Waals surface area contributed by atoms with Crippen LogP contribution in [0.25, 0.3) is 0 Å². The van der Waals surface area contributed by atoms with Crippen molar-refractivity contribution in [3.63, 3.8) is 0 Å². The molecule has 6 heteroatoms. The Hall–Kier alpha value is -2.24. The highest BCUT2D eigenvalue weighted by Crippen LogP contribution is 2.28. The highest BCUT2D eigenvalue weighted by molar-refractivity contribution is 5.95. The quantitative estimate of drug-likeness (QED) is 0.347. The summed E-state index contributed by atoms with van der Waals surface area (Å²) in [5.41, 5.74) is 6.01. The first-order valence-corrected chi connectivity index (χ1v) is 6.22. The predicted octanol–water partition coefficient (Wildman–Crippen LogP) is 0.230. The third-order valence-electron chi connectivity index (χ3n) is 2.95. The summed E-state index contributed by atoms with van der Waals surface area (Å²) >= 11 is 0. The number of benzene rings is 1. The summed E-state index contributed by atoms with van der Waals surface area (Å²) in [5, 5.41) is 14.8. The monoisotopic (exact) mass is 263 g/mol. The number of nitrogens with two attached hydrogens (primary N) is 1. The molecule has 1 saturated carbocycles. The number of carbonyl (C=O) groups is 2. The number of anilines is 1. The number of amides is 2. The smallest absolute Gasteiger partial charge is 0.251 e. The molecule has 0 unspecified atom stereocenters. The average Bonchev–Trinajstić information content (AvgIpc) is 3.21. The van der Waals surface area contributed by atoms with E-state index >= 15 is 0 Å². The molecule has 6 nitrogen and oxygen atoms in total. The summed E-state index contributed by atoms with van der Waals surface area (Å²) in [6, 6.07) is 4.32. The second-order valence-corrected chi connectivity index (χ2v) is 4.59. The molecule has 0 heterocycles. The van der Waals surface area contributed by atoms with Gasteiger partial charge in [-0.05, 0) is 31.0 Å². The van der Waals surface area contributed by atoms with Gasteiger partial charge < -0.3 is 21.5 Å². The lowest BCUT2D eigenvalue weighted by atomic mass is 10.2. The molecule has 5 N–H and O–H groups in total. The molecular weight excluding hydrogens is 246 g/mol. The standard InChI is InChI=1S/C13H17N3O3/c14-10-4-3-9(7-11(10)17)13(19)16-6-5-15-12(18)8-1-2-8/h3-4,7-8,17H,1-2,5-6,14H2,(H,15,18)(H,16,19). The van der Waals surface area contributed by atoms with E-state index in [1.807, 2.05) is 0 Å². The van der Waals surface area contributed by atoms with Crippen LogP contribution in [0, 0.1) is 5.92 Å². The van der Waals surface area contributed by atoms with Gasteiger partial charge in [-0.2, -0.15) is 0 Å². The van der Waals surface area contributed by atoms with E-state index in [-0.39, 0.29) is 29.2 Å². The van der Waals surface area contributed by atoms with Crippen molar-refractivity contribution in [2.24, 2.45) is 5.92 Å². The number of nitrogen functional groups attached to an aromatic ring is 1. The molecule has 0 aromatic heterocycles. The van der Waals surface area contributed by atoms with Crippen molar-refractivity contribution in [2.45, 2.75) is 12.8 Å². The Morgan fingerprint density at radius 3 is 2.58 bits per heavy atom. The van der Waals surface area contributed by atoms with Gasteiger partial charge in [-0.1, -0.05) is 0 Å². The fourth-order valence-electron chi connectivity index (χ4n) is 1.64. The maximum atomic E-state index is 11.7. The number of phenolic OH excluding ortho intramolecular Hbond substituents is 1. The molecule has 0 radical (unpaired) electrons. The molecule has 0 saturated heterocycles. The molecule has 1 aromatic rings. The molecule has 0 aliphatic heterocycles. The van der Waals surface area contributed by atoms with E-state index in [0.717, 1.165) is 12.8 Å². The summed E-state index contributed by atoms with van der Waals surface area (Å²) in [4.78, 5) is 23.1. The Morgan fingerprint density at radius 1 is 1.26 bits per heavy atom. The van der Waals surface area contributed by atoms with Crippen molar-refractivity contribution in [3.8, 4) is 5.75 Å². The zero-order valence-electron chi connectivity index (χ0n) is 10.5. The normalized spacial score (nSPS) is 13.9. The molecule has 1 fully saturated rings. The third kappa shape index (κ3) is 3.61. The molecular formula is C13H17N3O3. The number of aromatic hydroxyl groups is 1. The van der Waals surface area contributed by atoms with Crippen LogP contribution in [0.3, 0.4) is 0 Å². The van der Waals surface area contributed by atoms with Crippen molar-refractivity contribution in [3.05, 3.63) is 23.8 Å². The highest BCUT2D eigenvalue weighted by atomic mass is 16.3. The molecule has 19 heavy (non-hydrogen) atoms. The van der Waals surface area contributed by atoms with Gasteiger partial charge in [-0.3, -0.25) is 9.59 Å². The van der Waals surface area contributed by atoms with Gasteiger partial charge in [0.1, 0.15) is 5.75 Å². The van der Waals surface area contributed by atoms with Gasteiger partial charge in [-0.15, -0.1) is 0 Å². The molecule has 1 aliphatic carbocycles. The molecule has 2 rings (SSSR count). The number of rotatable bonds is 5. The van der Waals surface area contributed by atoms with Gasteiger partial charge in [-0.25, -0.2) is 0 Å². The lowest BCUT2D eigenvalue weighted by Gasteiger charge is -2.07. The van der Waals surface area contributed by atoms with Crippen LogP contribution in [0.5, 0.6) is 5.75 Å². The van der Waals surface area contributed by atoms with Crippen LogP contribution in [0.4, 0.5) is 5.69 Å². The lowest BCUT2D eigenvalue weighted by Crippen LogP contribution is -2.35. The SMILES string of the molecule is Nc1ccc(C(=O)NCCNC(=O)C2CC2)cc1O. The average molecular weight is 263 g/mol. The highest BCUT2D eigenvalue weighted by Gasteiger charge is 2.28. The van der Waals surface area contributed by atoms with E-state index in [9.17, 15) is 14.7 Å². The van der Waals surface area contributed by atoms with Crippen LogP contribution < -0.4 is 16.4 Å². The fraction of sp³-hybridized carbons (Fsp3) is 0.385. The minimum absolute atomic E-state index is 0.0550. The van der Waals surface area contributed by atoms with E-state index in [4.69, 9.17) is 5.73 Å². The summed E-state index contributed by atoms with van der Waals surface area (Å²) in [6.07, 6.45) is 1.92. The summed E-state index contributed by atoms with van der Waals surface area (Å²) in [6.45, 7) is 0.754. The minimum Gasteiger partial charge on any atom is -0.506 e. The Labute approximate surface area is 111 Å². The summed E-state index contributed by atoms with van der Waals surface area (Å²) < 4.78 is 0. The van der Waals surface area contributed by atoms with Gasteiger partial charge in [0, 0.05) is 24.6 Å². The predicted molar refractivity (Wildman–Crippen MR) is 70.6 cm³/mol. The van der Waals surface area contributed by atoms with Gasteiger partial charge in [0.05, 0.1) is 5.69 Å². The first-order chi connectivity index (χ1) is 9.08. The first kappa shape index (κ1) is 13.2. The molecule has 0 atom stereocenters. The lowest BCUT2D eigenvalue weighted by molar-refractivity contribution is -0.122. The van der Waals surface area contributed by atoms with Crippen LogP contribution in [0.2, 0.25) is 0 Å². The van der Waals surface area contributed by atoms with Crippen molar-refractivity contribution in [2.75, 3.05) is 18.8 Å². The molecule has 1 aromatic carbocycles. The minimum atomic E-state index is -0.309. The molecule has 1 aliphatic rings. The topological polar surface area (TPSA) is 104 Å². The van der Waals surface area contributed by atoms with Crippen LogP contribution in [-0.2, 0) is 4.79 Å². The largest absolute Gasteiger partial charge is 0.506 e. The Bertz CT molecular complexity index is 498. The second kappa shape index (κ2) is 5.60. The summed E-state index contributed by atoms with van der Waals surface area (Å²) in [5.74, 6) is -0.199. The molecule has 102 valence electrons. The number of phenols is 1. The van der Waals surface area contributed by atoms with Crippen molar-refractivity contribution in [1.82, 2.24) is 10.6 Å². The van der Waals surface area contributed by atoms with E-state index < -0.39 is 0 Å². The number of carbonyl (C=O) groups excluding carboxylic acids is 2. The van der Waals surface area contributed by atoms with Gasteiger partial charge >= 0.3 is 0 Å². The maximum Gasteiger partial charge on any atom is 0.251 e. The second-order valence-electron chi connectivity index (χ2n) is 4.59. The van der Waals surface area contributed by atoms with Gasteiger partial charge in [0.25, 0.3) is 5.91 Å². The zero-order chi connectivity index (χ0) is 13.8. The number of nitrogens with one attached hydrogen (secondary N) is 2. The van der Waals surface area contributed by atoms with E-state index in [2.05, 4.69) is 10.6 Å². The Kier molecular flexibility index (Phi) is 3.89. The van der Waals surface area contributed by atoms with E-state index in [1.165, 1.54) is 18.2 Å². The zero-order valence-corrected chi connectivity index (χ0v) is 10.5. The first-order valence-electron chi connectivity index (χ1n) is 6.22. The Balaban J connectivity index is 1.74. The maximum absolute atomic E-state index is 11.7. The van der Waals surface area contributed by atoms with Crippen molar-refractivity contribution >= 4 is 17.5 Å². The summed E-state index contributed by atoms with van der Waals surface area (Å²) in [7, 11) is 0. The van der Waals surface area contributed by atoms with Crippen molar-refractivity contribution in [1.29, 1.82) is 0 Å². The van der Waals surface area contributed by atoms with Crippen LogP contribution in [0.1, 0.15) is 23.2 Å². The van der Waals surface area contributed by atoms with Gasteiger partial charge in [0.2, 0.25) is 5.91 Å². The van der Waals surface area contributed by atoms with Gasteiger partial charge in [0.15, 0.2) is 0 Å². The van der Waals surface area contributed by atoms with Crippen molar-refractivity contribution < 1.29 is 14.7 Å². The third-order valence-corrected chi connectivity index (χ3v) is 2.95. The molecule has 0 spiro atoms. The Morgan fingerprint density at radius 2 is 1.95 bits per heavy atom. The van der Waals surface area contributed by atoms with Crippen LogP contribution in [0.15, 0.2) is 18.2 Å². The van der Waals surface area contributed by atoms with E-state index in [0.29, 0.717) is 18.7 Å². The fourth-order valence-corrected chi connectivity index (χ4v) is 1.64. The number of hydrogen-bond donors (Lipinski definition) is 4. The number of hydrogen-bond acceptors (Lipinski definition) is 4. The van der Waals surface area contributed by atoms with Crippen LogP contribution in [-0.4, -0.2) is 30.0 Å².